The molecular formula is C5H8N5O3P. The van der Waals surface area contributed by atoms with Gasteiger partial charge in [0.1, 0.15) is 6.33 Å². The van der Waals surface area contributed by atoms with Gasteiger partial charge in [0.2, 0.25) is 0 Å². The molecule has 0 bridgehead atoms. The molecule has 0 unspecified atom stereocenters. The fourth-order valence-electron chi connectivity index (χ4n) is 0.691. The molecule has 0 saturated heterocycles. The number of fused-ring (bicyclic) bond motifs is 1. The molecule has 0 aromatic carbocycles. The third-order valence-corrected chi connectivity index (χ3v) is 1.11. The first-order valence-electron chi connectivity index (χ1n) is 3.40. The van der Waals surface area contributed by atoms with E-state index in [0.29, 0.717) is 0 Å². The Bertz CT molecular complexity index is 413. The minimum atomic E-state index is -4.14. The predicted octanol–water partition coefficient (Wildman–Crippen LogP) is -0.609. The quantitative estimate of drug-likeness (QED) is 0.431. The molecule has 0 saturated carbocycles. The Morgan fingerprint density at radius 2 is 2.07 bits per heavy atom. The van der Waals surface area contributed by atoms with E-state index in [1.165, 1.54) is 6.33 Å². The lowest BCUT2D eigenvalue weighted by molar-refractivity contribution is 0.374. The maximum absolute atomic E-state index is 9.10. The topological polar surface area (TPSA) is 138 Å². The van der Waals surface area contributed by atoms with Crippen LogP contribution in [-0.2, 0) is 4.57 Å². The van der Waals surface area contributed by atoms with Gasteiger partial charge in [0, 0.05) is 6.20 Å². The molecular weight excluding hydrogens is 209 g/mol. The van der Waals surface area contributed by atoms with Crippen molar-refractivity contribution in [2.45, 2.75) is 0 Å². The fraction of sp³-hybridized carbons (Fsp3) is 0. The summed E-state index contributed by atoms with van der Waals surface area (Å²) in [4.78, 5) is 22.5. The first kappa shape index (κ1) is 10.7. The van der Waals surface area contributed by atoms with E-state index in [0.717, 1.165) is 11.0 Å². The van der Waals surface area contributed by atoms with Crippen LogP contribution in [0.1, 0.15) is 0 Å². The highest BCUT2D eigenvalue weighted by Gasteiger charge is 1.96. The molecule has 0 aliphatic rings. The molecule has 2 rings (SSSR count). The Balaban J connectivity index is 0.000000171. The lowest BCUT2D eigenvalue weighted by Gasteiger charge is -1.84. The number of nitrogens with one attached hydrogen (secondary N) is 1. The molecule has 8 nitrogen and oxygen atoms in total. The number of nitrogens with two attached hydrogens (primary N) is 1. The van der Waals surface area contributed by atoms with Gasteiger partial charge in [-0.05, 0) is 0 Å². The Morgan fingerprint density at radius 3 is 2.64 bits per heavy atom. The summed E-state index contributed by atoms with van der Waals surface area (Å²) in [6.45, 7) is 0. The van der Waals surface area contributed by atoms with Gasteiger partial charge < -0.3 is 9.79 Å². The van der Waals surface area contributed by atoms with Gasteiger partial charge in [0.15, 0.2) is 5.65 Å². The number of H-pyrrole nitrogens is 1. The van der Waals surface area contributed by atoms with E-state index in [1.54, 1.807) is 12.4 Å². The van der Waals surface area contributed by atoms with Gasteiger partial charge in [0.25, 0.3) is 0 Å². The maximum atomic E-state index is 9.10. The zero-order valence-corrected chi connectivity index (χ0v) is 7.80. The van der Waals surface area contributed by atoms with Crippen LogP contribution in [-0.4, -0.2) is 30.0 Å². The zero-order valence-electron chi connectivity index (χ0n) is 6.90. The van der Waals surface area contributed by atoms with E-state index in [9.17, 15) is 0 Å². The molecule has 0 atom stereocenters. The van der Waals surface area contributed by atoms with Crippen molar-refractivity contribution in [3.05, 3.63) is 18.7 Å². The normalized spacial score (nSPS) is 10.8. The first-order chi connectivity index (χ1) is 6.47. The van der Waals surface area contributed by atoms with Crippen molar-refractivity contribution >= 4 is 18.8 Å². The molecule has 5 N–H and O–H groups in total. The molecule has 2 heterocycles. The summed E-state index contributed by atoms with van der Waals surface area (Å²) in [7, 11) is -4.14. The van der Waals surface area contributed by atoms with E-state index in [-0.39, 0.29) is 0 Å². The third-order valence-electron chi connectivity index (χ3n) is 1.11. The second-order valence-electron chi connectivity index (χ2n) is 2.29. The Morgan fingerprint density at radius 1 is 1.43 bits per heavy atom. The van der Waals surface area contributed by atoms with Crippen LogP contribution in [0.4, 0.5) is 0 Å². The predicted molar refractivity (Wildman–Crippen MR) is 47.9 cm³/mol. The van der Waals surface area contributed by atoms with Crippen LogP contribution in [0, 0.1) is 0 Å². The van der Waals surface area contributed by atoms with E-state index in [1.807, 2.05) is 0 Å². The van der Waals surface area contributed by atoms with E-state index in [2.05, 4.69) is 25.7 Å². The van der Waals surface area contributed by atoms with E-state index in [4.69, 9.17) is 14.4 Å². The van der Waals surface area contributed by atoms with Gasteiger partial charge in [-0.1, -0.05) is 0 Å². The minimum Gasteiger partial charge on any atom is -0.313 e. The maximum Gasteiger partial charge on any atom is 0.397 e. The fourth-order valence-corrected chi connectivity index (χ4v) is 0.691. The molecule has 0 spiro atoms. The van der Waals surface area contributed by atoms with Crippen molar-refractivity contribution in [2.24, 2.45) is 5.50 Å². The average Bonchev–Trinajstić information content (AvgIpc) is 2.47. The van der Waals surface area contributed by atoms with Crippen molar-refractivity contribution < 1.29 is 14.4 Å². The SMILES string of the molecule is NP(=O)(O)O.c1ncc2cn[nH]c2n1. The first-order valence-corrected chi connectivity index (χ1v) is 5.08. The summed E-state index contributed by atoms with van der Waals surface area (Å²) < 4.78 is 9.10. The standard InChI is InChI=1S/C5H4N4.H4NO3P/c1-4-2-8-9-5(4)7-3-6-1;1-5(2,3)4/h1-3H,(H,6,7,8,9);(H4,1,2,3,4). The lowest BCUT2D eigenvalue weighted by Crippen LogP contribution is -1.87. The van der Waals surface area contributed by atoms with Crippen molar-refractivity contribution in [2.75, 3.05) is 0 Å². The van der Waals surface area contributed by atoms with Crippen LogP contribution >= 0.6 is 7.75 Å². The van der Waals surface area contributed by atoms with Crippen molar-refractivity contribution in [1.29, 1.82) is 0 Å². The molecule has 76 valence electrons. The molecule has 0 radical (unpaired) electrons. The lowest BCUT2D eigenvalue weighted by atomic mass is 10.5. The second-order valence-corrected chi connectivity index (χ2v) is 3.46. The van der Waals surface area contributed by atoms with Crippen molar-refractivity contribution in [1.82, 2.24) is 20.2 Å². The summed E-state index contributed by atoms with van der Waals surface area (Å²) in [5.74, 6) is 0. The number of hydrogen-bond acceptors (Lipinski definition) is 4. The van der Waals surface area contributed by atoms with Crippen LogP contribution in [0.15, 0.2) is 18.7 Å². The summed E-state index contributed by atoms with van der Waals surface area (Å²) in [5, 5.41) is 7.43. The number of nitrogens with zero attached hydrogens (tertiary/aromatic N) is 3. The van der Waals surface area contributed by atoms with Crippen molar-refractivity contribution in [3.8, 4) is 0 Å². The monoisotopic (exact) mass is 217 g/mol. The molecule has 0 aliphatic carbocycles. The summed E-state index contributed by atoms with van der Waals surface area (Å²) in [6, 6.07) is 0. The number of aromatic nitrogens is 4. The van der Waals surface area contributed by atoms with Crippen LogP contribution < -0.4 is 5.50 Å². The minimum absolute atomic E-state index is 0.782. The van der Waals surface area contributed by atoms with Crippen molar-refractivity contribution in [3.63, 3.8) is 0 Å². The van der Waals surface area contributed by atoms with Gasteiger partial charge in [-0.15, -0.1) is 0 Å². The van der Waals surface area contributed by atoms with Gasteiger partial charge in [-0.2, -0.15) is 5.10 Å². The van der Waals surface area contributed by atoms with Gasteiger partial charge in [-0.25, -0.2) is 20.0 Å². The van der Waals surface area contributed by atoms with Crippen LogP contribution in [0.2, 0.25) is 0 Å². The number of aromatic amines is 1. The largest absolute Gasteiger partial charge is 0.397 e. The molecule has 0 aliphatic heterocycles. The van der Waals surface area contributed by atoms with Gasteiger partial charge in [-0.3, -0.25) is 5.10 Å². The van der Waals surface area contributed by atoms with Gasteiger partial charge >= 0.3 is 7.75 Å². The Kier molecular flexibility index (Phi) is 3.26. The molecule has 0 amide bonds. The molecule has 0 fully saturated rings. The number of hydrogen-bond donors (Lipinski definition) is 4. The van der Waals surface area contributed by atoms with E-state index >= 15 is 0 Å². The third kappa shape index (κ3) is 4.06. The highest BCUT2D eigenvalue weighted by molar-refractivity contribution is 7.49. The van der Waals surface area contributed by atoms with Crippen LogP contribution in [0.5, 0.6) is 0 Å². The van der Waals surface area contributed by atoms with Crippen LogP contribution in [0.25, 0.3) is 11.0 Å². The highest BCUT2D eigenvalue weighted by Crippen LogP contribution is 2.20. The molecule has 14 heavy (non-hydrogen) atoms. The second kappa shape index (κ2) is 4.25. The zero-order chi connectivity index (χ0) is 10.6. The summed E-state index contributed by atoms with van der Waals surface area (Å²) in [6.07, 6.45) is 4.89. The average molecular weight is 217 g/mol. The van der Waals surface area contributed by atoms with Gasteiger partial charge in [0.05, 0.1) is 11.6 Å². The highest BCUT2D eigenvalue weighted by atomic mass is 31.2. The summed E-state index contributed by atoms with van der Waals surface area (Å²) in [5.41, 5.74) is 4.80. The summed E-state index contributed by atoms with van der Waals surface area (Å²) >= 11 is 0. The Labute approximate surface area is 78.4 Å². The Hall–Kier alpha value is -1.34. The van der Waals surface area contributed by atoms with E-state index < -0.39 is 7.75 Å². The number of rotatable bonds is 0. The molecule has 2 aromatic heterocycles. The van der Waals surface area contributed by atoms with Crippen LogP contribution in [0.3, 0.4) is 0 Å². The smallest absolute Gasteiger partial charge is 0.313 e. The molecule has 9 heteroatoms. The molecule has 2 aromatic rings.